The lowest BCUT2D eigenvalue weighted by Gasteiger charge is -2.37. The van der Waals surface area contributed by atoms with Crippen molar-refractivity contribution in [3.05, 3.63) is 47.5 Å². The van der Waals surface area contributed by atoms with Crippen molar-refractivity contribution in [3.63, 3.8) is 0 Å². The third kappa shape index (κ3) is 8.76. The van der Waals surface area contributed by atoms with Crippen molar-refractivity contribution in [2.75, 3.05) is 14.2 Å². The zero-order chi connectivity index (χ0) is 25.8. The first-order chi connectivity index (χ1) is 16.0. The predicted molar refractivity (Wildman–Crippen MR) is 131 cm³/mol. The van der Waals surface area contributed by atoms with E-state index >= 15 is 0 Å². The largest absolute Gasteiger partial charge is 0.472 e. The summed E-state index contributed by atoms with van der Waals surface area (Å²) in [4.78, 5) is 24.2. The standard InChI is InChI=1S/C27H42O7/c1-20(10-7-11-21(2)13-9-15-23-16-17-34-19-23)12-8-14-22(3)18-27(31,25(29)33-6)26(4,30)24(28)32-5/h10,13,16-17,19,22,30-31H,7-9,11-12,14-15,18H2,1-6H3/b20-10+,21-13+/t22-,26?,27+/m1/s1. The number of furan rings is 1. The van der Waals surface area contributed by atoms with E-state index < -0.39 is 23.1 Å². The van der Waals surface area contributed by atoms with Crippen molar-refractivity contribution in [2.24, 2.45) is 5.92 Å². The summed E-state index contributed by atoms with van der Waals surface area (Å²) < 4.78 is 14.3. The number of methoxy groups -OCH3 is 2. The zero-order valence-electron chi connectivity index (χ0n) is 21.6. The van der Waals surface area contributed by atoms with Crippen LogP contribution in [0.2, 0.25) is 0 Å². The molecule has 34 heavy (non-hydrogen) atoms. The molecule has 1 rings (SSSR count). The lowest BCUT2D eigenvalue weighted by atomic mass is 9.76. The monoisotopic (exact) mass is 478 g/mol. The van der Waals surface area contributed by atoms with Crippen molar-refractivity contribution in [2.45, 2.75) is 90.3 Å². The molecule has 7 nitrogen and oxygen atoms in total. The van der Waals surface area contributed by atoms with Crippen molar-refractivity contribution in [1.82, 2.24) is 0 Å². The van der Waals surface area contributed by atoms with Gasteiger partial charge in [-0.25, -0.2) is 9.59 Å². The first kappa shape index (κ1) is 29.7. The number of carbonyl (C=O) groups excluding carboxylic acids is 2. The number of ether oxygens (including phenoxy) is 2. The van der Waals surface area contributed by atoms with Crippen LogP contribution in [0.25, 0.3) is 0 Å². The van der Waals surface area contributed by atoms with Gasteiger partial charge in [0, 0.05) is 0 Å². The van der Waals surface area contributed by atoms with E-state index in [1.165, 1.54) is 16.7 Å². The Balaban J connectivity index is 2.48. The van der Waals surface area contributed by atoms with E-state index in [2.05, 4.69) is 35.5 Å². The Hall–Kier alpha value is -2.38. The average Bonchev–Trinajstić information content (AvgIpc) is 3.31. The molecule has 192 valence electrons. The Morgan fingerprint density at radius 2 is 1.68 bits per heavy atom. The van der Waals surface area contributed by atoms with Gasteiger partial charge in [0.15, 0.2) is 5.60 Å². The van der Waals surface area contributed by atoms with E-state index in [4.69, 9.17) is 4.42 Å². The van der Waals surface area contributed by atoms with E-state index in [9.17, 15) is 19.8 Å². The molecule has 0 aliphatic carbocycles. The molecule has 1 aromatic rings. The Morgan fingerprint density at radius 3 is 2.26 bits per heavy atom. The molecule has 0 aliphatic rings. The van der Waals surface area contributed by atoms with Crippen LogP contribution >= 0.6 is 0 Å². The van der Waals surface area contributed by atoms with E-state index in [1.807, 2.05) is 13.0 Å². The summed E-state index contributed by atoms with van der Waals surface area (Å²) >= 11 is 0. The Bertz CT molecular complexity index is 820. The molecule has 0 fully saturated rings. The molecule has 0 aliphatic heterocycles. The fraction of sp³-hybridized carbons (Fsp3) is 0.630. The zero-order valence-corrected chi connectivity index (χ0v) is 21.6. The number of esters is 2. The summed E-state index contributed by atoms with van der Waals surface area (Å²) in [7, 11) is 2.20. The predicted octanol–water partition coefficient (Wildman–Crippen LogP) is 4.91. The SMILES string of the molecule is COC(=O)C(C)(O)[C@](O)(C[C@H](C)CCC/C(C)=C/CC/C(C)=C/CCc1ccoc1)C(=O)OC. The molecule has 7 heteroatoms. The molecular formula is C27H42O7. The van der Waals surface area contributed by atoms with E-state index in [0.717, 1.165) is 59.7 Å². The summed E-state index contributed by atoms with van der Waals surface area (Å²) in [6.07, 6.45) is 14.4. The fourth-order valence-corrected chi connectivity index (χ4v) is 4.02. The van der Waals surface area contributed by atoms with Gasteiger partial charge in [-0.3, -0.25) is 0 Å². The van der Waals surface area contributed by atoms with Crippen LogP contribution in [0.1, 0.15) is 78.2 Å². The van der Waals surface area contributed by atoms with Gasteiger partial charge in [0.25, 0.3) is 0 Å². The van der Waals surface area contributed by atoms with Gasteiger partial charge in [0.2, 0.25) is 5.60 Å². The molecule has 1 unspecified atom stereocenters. The van der Waals surface area contributed by atoms with E-state index in [0.29, 0.717) is 6.42 Å². The fourth-order valence-electron chi connectivity index (χ4n) is 4.02. The molecule has 0 aromatic carbocycles. The van der Waals surface area contributed by atoms with Crippen LogP contribution in [-0.2, 0) is 25.5 Å². The first-order valence-electron chi connectivity index (χ1n) is 11.9. The number of carbonyl (C=O) groups is 2. The van der Waals surface area contributed by atoms with Gasteiger partial charge < -0.3 is 24.1 Å². The molecule has 0 saturated carbocycles. The molecule has 3 atom stereocenters. The highest BCUT2D eigenvalue weighted by molar-refractivity contribution is 5.92. The highest BCUT2D eigenvalue weighted by atomic mass is 16.6. The highest BCUT2D eigenvalue weighted by Crippen LogP contribution is 2.33. The van der Waals surface area contributed by atoms with E-state index in [-0.39, 0.29) is 12.3 Å². The van der Waals surface area contributed by atoms with Gasteiger partial charge in [-0.2, -0.15) is 0 Å². The molecule has 0 bridgehead atoms. The van der Waals surface area contributed by atoms with Crippen LogP contribution in [0, 0.1) is 5.92 Å². The second-order valence-electron chi connectivity index (χ2n) is 9.43. The summed E-state index contributed by atoms with van der Waals surface area (Å²) in [6.45, 7) is 7.21. The molecule has 0 spiro atoms. The molecule has 0 radical (unpaired) electrons. The molecule has 0 saturated heterocycles. The van der Waals surface area contributed by atoms with E-state index in [1.54, 1.807) is 12.5 Å². The van der Waals surface area contributed by atoms with Crippen LogP contribution in [0.3, 0.4) is 0 Å². The summed E-state index contributed by atoms with van der Waals surface area (Å²) in [5, 5.41) is 21.5. The van der Waals surface area contributed by atoms with Crippen LogP contribution in [0.15, 0.2) is 46.3 Å². The maximum Gasteiger partial charge on any atom is 0.341 e. The second-order valence-corrected chi connectivity index (χ2v) is 9.43. The Kier molecular flexibility index (Phi) is 12.3. The number of aliphatic hydroxyl groups is 2. The lowest BCUT2D eigenvalue weighted by Crippen LogP contribution is -2.63. The van der Waals surface area contributed by atoms with Crippen LogP contribution < -0.4 is 0 Å². The number of aryl methyl sites for hydroxylation is 1. The number of hydrogen-bond acceptors (Lipinski definition) is 7. The Morgan fingerprint density at radius 1 is 1.06 bits per heavy atom. The van der Waals surface area contributed by atoms with Gasteiger partial charge in [-0.05, 0) is 83.3 Å². The summed E-state index contributed by atoms with van der Waals surface area (Å²) in [5.41, 5.74) is -0.916. The number of allylic oxidation sites excluding steroid dienone is 4. The molecule has 0 amide bonds. The minimum Gasteiger partial charge on any atom is -0.472 e. The average molecular weight is 479 g/mol. The minimum atomic E-state index is -2.41. The van der Waals surface area contributed by atoms with Crippen molar-refractivity contribution < 1.29 is 33.7 Å². The molecule has 1 heterocycles. The normalized spacial score (nSPS) is 16.9. The maximum absolute atomic E-state index is 12.3. The second kappa shape index (κ2) is 14.1. The highest BCUT2D eigenvalue weighted by Gasteiger charge is 2.58. The van der Waals surface area contributed by atoms with Crippen LogP contribution in [0.5, 0.6) is 0 Å². The summed E-state index contributed by atoms with van der Waals surface area (Å²) in [6, 6.07) is 1.99. The van der Waals surface area contributed by atoms with Crippen molar-refractivity contribution in [1.29, 1.82) is 0 Å². The maximum atomic E-state index is 12.3. The van der Waals surface area contributed by atoms with Gasteiger partial charge in [0.1, 0.15) is 0 Å². The number of rotatable bonds is 15. The lowest BCUT2D eigenvalue weighted by molar-refractivity contribution is -0.210. The van der Waals surface area contributed by atoms with Crippen molar-refractivity contribution >= 4 is 11.9 Å². The third-order valence-electron chi connectivity index (χ3n) is 6.36. The van der Waals surface area contributed by atoms with Gasteiger partial charge in [-0.1, -0.05) is 36.6 Å². The first-order valence-corrected chi connectivity index (χ1v) is 11.9. The topological polar surface area (TPSA) is 106 Å². The van der Waals surface area contributed by atoms with Gasteiger partial charge in [-0.15, -0.1) is 0 Å². The molecule has 2 N–H and O–H groups in total. The smallest absolute Gasteiger partial charge is 0.341 e. The van der Waals surface area contributed by atoms with Gasteiger partial charge in [0.05, 0.1) is 26.7 Å². The minimum absolute atomic E-state index is 0.118. The van der Waals surface area contributed by atoms with Gasteiger partial charge >= 0.3 is 11.9 Å². The third-order valence-corrected chi connectivity index (χ3v) is 6.36. The molecular weight excluding hydrogens is 436 g/mol. The number of hydrogen-bond donors (Lipinski definition) is 2. The molecule has 1 aromatic heterocycles. The quantitative estimate of drug-likeness (QED) is 0.272. The Labute approximate surface area is 203 Å². The van der Waals surface area contributed by atoms with Crippen LogP contribution in [0.4, 0.5) is 0 Å². The summed E-state index contributed by atoms with van der Waals surface area (Å²) in [5.74, 6) is -2.27. The van der Waals surface area contributed by atoms with Crippen molar-refractivity contribution in [3.8, 4) is 0 Å². The van der Waals surface area contributed by atoms with Crippen LogP contribution in [-0.4, -0.2) is 47.6 Å².